The van der Waals surface area contributed by atoms with E-state index < -0.39 is 0 Å². The van der Waals surface area contributed by atoms with E-state index in [1.54, 1.807) is 0 Å². The number of anilines is 1. The van der Waals surface area contributed by atoms with Gasteiger partial charge in [0.05, 0.1) is 5.52 Å². The SMILES string of the molecule is CCNc1nc2ccccc2cc1CN1CCCC1=O. The predicted molar refractivity (Wildman–Crippen MR) is 80.6 cm³/mol. The average Bonchev–Trinajstić information content (AvgIpc) is 2.85. The second kappa shape index (κ2) is 5.49. The van der Waals surface area contributed by atoms with Crippen LogP contribution in [0, 0.1) is 0 Å². The molecule has 0 unspecified atom stereocenters. The van der Waals surface area contributed by atoms with Gasteiger partial charge in [-0.3, -0.25) is 4.79 Å². The summed E-state index contributed by atoms with van der Waals surface area (Å²) in [5.41, 5.74) is 2.08. The molecule has 1 N–H and O–H groups in total. The summed E-state index contributed by atoms with van der Waals surface area (Å²) in [4.78, 5) is 18.4. The van der Waals surface area contributed by atoms with Crippen molar-refractivity contribution in [1.29, 1.82) is 0 Å². The van der Waals surface area contributed by atoms with Gasteiger partial charge in [-0.2, -0.15) is 0 Å². The molecular formula is C16H19N3O. The van der Waals surface area contributed by atoms with E-state index in [9.17, 15) is 4.79 Å². The van der Waals surface area contributed by atoms with Gasteiger partial charge >= 0.3 is 0 Å². The highest BCUT2D eigenvalue weighted by molar-refractivity contribution is 5.82. The van der Waals surface area contributed by atoms with Crippen LogP contribution in [0.5, 0.6) is 0 Å². The average molecular weight is 269 g/mol. The van der Waals surface area contributed by atoms with Gasteiger partial charge in [0, 0.05) is 37.0 Å². The van der Waals surface area contributed by atoms with Crippen molar-refractivity contribution < 1.29 is 4.79 Å². The van der Waals surface area contributed by atoms with Gasteiger partial charge in [0.15, 0.2) is 0 Å². The van der Waals surface area contributed by atoms with E-state index in [-0.39, 0.29) is 5.91 Å². The molecule has 4 nitrogen and oxygen atoms in total. The van der Waals surface area contributed by atoms with Crippen LogP contribution in [0.25, 0.3) is 10.9 Å². The lowest BCUT2D eigenvalue weighted by Crippen LogP contribution is -2.24. The quantitative estimate of drug-likeness (QED) is 0.928. The Morgan fingerprint density at radius 2 is 2.20 bits per heavy atom. The highest BCUT2D eigenvalue weighted by Gasteiger charge is 2.21. The van der Waals surface area contributed by atoms with E-state index in [4.69, 9.17) is 0 Å². The van der Waals surface area contributed by atoms with Crippen molar-refractivity contribution in [3.8, 4) is 0 Å². The third-order valence-corrected chi connectivity index (χ3v) is 3.68. The molecule has 0 atom stereocenters. The standard InChI is InChI=1S/C16H19N3O/c1-2-17-16-13(11-19-9-5-8-15(19)20)10-12-6-3-4-7-14(12)18-16/h3-4,6-7,10H,2,5,8-9,11H2,1H3,(H,17,18). The summed E-state index contributed by atoms with van der Waals surface area (Å²) in [5.74, 6) is 1.14. The molecule has 2 heterocycles. The molecule has 20 heavy (non-hydrogen) atoms. The lowest BCUT2D eigenvalue weighted by atomic mass is 10.1. The number of likely N-dealkylation sites (tertiary alicyclic amines) is 1. The first-order valence-corrected chi connectivity index (χ1v) is 7.18. The maximum absolute atomic E-state index is 11.8. The van der Waals surface area contributed by atoms with E-state index in [1.807, 2.05) is 23.1 Å². The van der Waals surface area contributed by atoms with E-state index in [0.717, 1.165) is 41.8 Å². The Labute approximate surface area is 118 Å². The van der Waals surface area contributed by atoms with Gasteiger partial charge in [-0.05, 0) is 25.5 Å². The van der Waals surface area contributed by atoms with Crippen molar-refractivity contribution in [2.24, 2.45) is 0 Å². The molecule has 0 radical (unpaired) electrons. The van der Waals surface area contributed by atoms with Crippen LogP contribution in [0.3, 0.4) is 0 Å². The summed E-state index contributed by atoms with van der Waals surface area (Å²) in [6.07, 6.45) is 1.65. The fourth-order valence-electron chi connectivity index (χ4n) is 2.68. The van der Waals surface area contributed by atoms with Crippen LogP contribution in [0.1, 0.15) is 25.3 Å². The number of carbonyl (C=O) groups excluding carboxylic acids is 1. The van der Waals surface area contributed by atoms with Crippen molar-refractivity contribution in [2.75, 3.05) is 18.4 Å². The zero-order valence-corrected chi connectivity index (χ0v) is 11.7. The minimum atomic E-state index is 0.251. The number of carbonyl (C=O) groups is 1. The number of rotatable bonds is 4. The lowest BCUT2D eigenvalue weighted by Gasteiger charge is -2.18. The van der Waals surface area contributed by atoms with E-state index >= 15 is 0 Å². The van der Waals surface area contributed by atoms with Crippen LogP contribution in [0.2, 0.25) is 0 Å². The largest absolute Gasteiger partial charge is 0.370 e. The van der Waals surface area contributed by atoms with Crippen LogP contribution in [-0.2, 0) is 11.3 Å². The molecule has 0 saturated carbocycles. The summed E-state index contributed by atoms with van der Waals surface area (Å²) in [6.45, 7) is 4.39. The topological polar surface area (TPSA) is 45.2 Å². The van der Waals surface area contributed by atoms with Gasteiger partial charge in [-0.1, -0.05) is 18.2 Å². The van der Waals surface area contributed by atoms with E-state index in [0.29, 0.717) is 13.0 Å². The number of pyridine rings is 1. The second-order valence-electron chi connectivity index (χ2n) is 5.14. The monoisotopic (exact) mass is 269 g/mol. The number of hydrogen-bond donors (Lipinski definition) is 1. The molecule has 0 aliphatic carbocycles. The fourth-order valence-corrected chi connectivity index (χ4v) is 2.68. The zero-order chi connectivity index (χ0) is 13.9. The molecule has 2 aromatic rings. The van der Waals surface area contributed by atoms with E-state index in [2.05, 4.69) is 29.4 Å². The number of nitrogens with one attached hydrogen (secondary N) is 1. The van der Waals surface area contributed by atoms with Crippen LogP contribution in [0.15, 0.2) is 30.3 Å². The smallest absolute Gasteiger partial charge is 0.222 e. The number of amides is 1. The Hall–Kier alpha value is -2.10. The normalized spacial score (nSPS) is 15.1. The van der Waals surface area contributed by atoms with Gasteiger partial charge in [-0.25, -0.2) is 4.98 Å². The van der Waals surface area contributed by atoms with Crippen LogP contribution >= 0.6 is 0 Å². The maximum Gasteiger partial charge on any atom is 0.222 e. The number of nitrogens with zero attached hydrogens (tertiary/aromatic N) is 2. The minimum absolute atomic E-state index is 0.251. The van der Waals surface area contributed by atoms with Crippen molar-refractivity contribution in [3.63, 3.8) is 0 Å². The molecule has 0 spiro atoms. The third-order valence-electron chi connectivity index (χ3n) is 3.68. The van der Waals surface area contributed by atoms with Gasteiger partial charge in [0.1, 0.15) is 5.82 Å². The number of benzene rings is 1. The first-order chi connectivity index (χ1) is 9.78. The number of para-hydroxylation sites is 1. The molecule has 1 aromatic carbocycles. The van der Waals surface area contributed by atoms with Gasteiger partial charge in [0.25, 0.3) is 0 Å². The Balaban J connectivity index is 1.98. The summed E-state index contributed by atoms with van der Waals surface area (Å²) in [7, 11) is 0. The van der Waals surface area contributed by atoms with Gasteiger partial charge in [-0.15, -0.1) is 0 Å². The molecule has 1 aliphatic heterocycles. The lowest BCUT2D eigenvalue weighted by molar-refractivity contribution is -0.128. The van der Waals surface area contributed by atoms with Gasteiger partial charge < -0.3 is 10.2 Å². The minimum Gasteiger partial charge on any atom is -0.370 e. The van der Waals surface area contributed by atoms with Crippen molar-refractivity contribution in [1.82, 2.24) is 9.88 Å². The Morgan fingerprint density at radius 3 is 2.95 bits per heavy atom. The Bertz CT molecular complexity index is 639. The Morgan fingerprint density at radius 1 is 1.35 bits per heavy atom. The van der Waals surface area contributed by atoms with Crippen LogP contribution in [0.4, 0.5) is 5.82 Å². The first-order valence-electron chi connectivity index (χ1n) is 7.18. The number of hydrogen-bond acceptors (Lipinski definition) is 3. The molecule has 0 bridgehead atoms. The molecule has 4 heteroatoms. The highest BCUT2D eigenvalue weighted by atomic mass is 16.2. The van der Waals surface area contributed by atoms with Gasteiger partial charge in [0.2, 0.25) is 5.91 Å². The molecule has 3 rings (SSSR count). The van der Waals surface area contributed by atoms with Crippen molar-refractivity contribution in [2.45, 2.75) is 26.3 Å². The van der Waals surface area contributed by atoms with Crippen LogP contribution < -0.4 is 5.32 Å². The summed E-state index contributed by atoms with van der Waals surface area (Å²) >= 11 is 0. The fraction of sp³-hybridized carbons (Fsp3) is 0.375. The highest BCUT2D eigenvalue weighted by Crippen LogP contribution is 2.23. The molecule has 104 valence electrons. The summed E-state index contributed by atoms with van der Waals surface area (Å²) in [5, 5.41) is 4.43. The summed E-state index contributed by atoms with van der Waals surface area (Å²) < 4.78 is 0. The van der Waals surface area contributed by atoms with Crippen LogP contribution in [-0.4, -0.2) is 28.9 Å². The molecule has 1 amide bonds. The second-order valence-corrected chi connectivity index (χ2v) is 5.14. The summed E-state index contributed by atoms with van der Waals surface area (Å²) in [6, 6.07) is 10.2. The predicted octanol–water partition coefficient (Wildman–Crippen LogP) is 2.79. The van der Waals surface area contributed by atoms with Crippen molar-refractivity contribution >= 4 is 22.6 Å². The number of fused-ring (bicyclic) bond motifs is 1. The molecule has 1 aliphatic rings. The third kappa shape index (κ3) is 2.46. The number of aromatic nitrogens is 1. The molecule has 1 aromatic heterocycles. The Kier molecular flexibility index (Phi) is 3.54. The zero-order valence-electron chi connectivity index (χ0n) is 11.7. The van der Waals surface area contributed by atoms with Crippen molar-refractivity contribution in [3.05, 3.63) is 35.9 Å². The molecule has 1 fully saturated rings. The van der Waals surface area contributed by atoms with E-state index in [1.165, 1.54) is 0 Å². The molecule has 1 saturated heterocycles. The molecular weight excluding hydrogens is 250 g/mol. The first kappa shape index (κ1) is 12.9. The maximum atomic E-state index is 11.8.